The molecule has 3 heteroatoms. The van der Waals surface area contributed by atoms with Crippen molar-refractivity contribution >= 4 is 0 Å². The first-order valence-corrected chi connectivity index (χ1v) is 6.99. The van der Waals surface area contributed by atoms with Gasteiger partial charge in [0.15, 0.2) is 0 Å². The number of aromatic nitrogens is 2. The standard InChI is InChI=1S/C14H23N3/c1-14(6-7-15-10-14)13-9-16-11-17(13)8-5-12-3-2-4-12/h9,11-12,15H,2-8,10H2,1H3. The SMILES string of the molecule is CC1(c2cncn2CCC2CCC2)CCNC1. The number of rotatable bonds is 4. The van der Waals surface area contributed by atoms with Crippen LogP contribution >= 0.6 is 0 Å². The van der Waals surface area contributed by atoms with Crippen molar-refractivity contribution in [2.75, 3.05) is 13.1 Å². The fourth-order valence-electron chi connectivity index (χ4n) is 3.14. The molecule has 0 amide bonds. The molecular weight excluding hydrogens is 210 g/mol. The molecule has 1 N–H and O–H groups in total. The van der Waals surface area contributed by atoms with Crippen LogP contribution < -0.4 is 5.32 Å². The average Bonchev–Trinajstić information content (AvgIpc) is 2.85. The molecular formula is C14H23N3. The van der Waals surface area contributed by atoms with E-state index in [0.29, 0.717) is 5.41 Å². The van der Waals surface area contributed by atoms with Crippen LogP contribution in [0.1, 0.15) is 44.7 Å². The quantitative estimate of drug-likeness (QED) is 0.865. The average molecular weight is 233 g/mol. The predicted molar refractivity (Wildman–Crippen MR) is 69.0 cm³/mol. The maximum absolute atomic E-state index is 4.37. The van der Waals surface area contributed by atoms with Gasteiger partial charge in [0.1, 0.15) is 0 Å². The zero-order valence-electron chi connectivity index (χ0n) is 10.8. The third kappa shape index (κ3) is 2.13. The van der Waals surface area contributed by atoms with E-state index in [1.54, 1.807) is 0 Å². The molecule has 2 aliphatic rings. The maximum Gasteiger partial charge on any atom is 0.0948 e. The number of nitrogens with zero attached hydrogens (tertiary/aromatic N) is 2. The summed E-state index contributed by atoms with van der Waals surface area (Å²) in [6, 6.07) is 0. The normalized spacial score (nSPS) is 29.5. The molecule has 0 aromatic carbocycles. The summed E-state index contributed by atoms with van der Waals surface area (Å²) in [5, 5.41) is 3.47. The summed E-state index contributed by atoms with van der Waals surface area (Å²) < 4.78 is 2.39. The molecule has 1 saturated heterocycles. The lowest BCUT2D eigenvalue weighted by Crippen LogP contribution is -2.28. The van der Waals surface area contributed by atoms with E-state index in [0.717, 1.165) is 25.6 Å². The van der Waals surface area contributed by atoms with Crippen LogP contribution in [0.5, 0.6) is 0 Å². The van der Waals surface area contributed by atoms with Crippen LogP contribution in [0.4, 0.5) is 0 Å². The molecule has 3 rings (SSSR count). The van der Waals surface area contributed by atoms with Crippen LogP contribution in [0.3, 0.4) is 0 Å². The Morgan fingerprint density at radius 1 is 1.53 bits per heavy atom. The summed E-state index contributed by atoms with van der Waals surface area (Å²) in [7, 11) is 0. The van der Waals surface area contributed by atoms with Crippen molar-refractivity contribution < 1.29 is 0 Å². The molecule has 17 heavy (non-hydrogen) atoms. The largest absolute Gasteiger partial charge is 0.334 e. The highest BCUT2D eigenvalue weighted by molar-refractivity contribution is 5.17. The third-order valence-corrected chi connectivity index (χ3v) is 4.70. The smallest absolute Gasteiger partial charge is 0.0948 e. The van der Waals surface area contributed by atoms with Gasteiger partial charge in [-0.2, -0.15) is 0 Å². The first-order chi connectivity index (χ1) is 8.28. The number of hydrogen-bond donors (Lipinski definition) is 1. The second-order valence-corrected chi connectivity index (χ2v) is 6.05. The first-order valence-electron chi connectivity index (χ1n) is 6.99. The lowest BCUT2D eigenvalue weighted by Gasteiger charge is -2.28. The van der Waals surface area contributed by atoms with Crippen LogP contribution in [0, 0.1) is 5.92 Å². The summed E-state index contributed by atoms with van der Waals surface area (Å²) in [5.74, 6) is 0.986. The van der Waals surface area contributed by atoms with Gasteiger partial charge < -0.3 is 9.88 Å². The molecule has 2 fully saturated rings. The van der Waals surface area contributed by atoms with Crippen molar-refractivity contribution in [2.24, 2.45) is 5.92 Å². The van der Waals surface area contributed by atoms with Gasteiger partial charge in [0.25, 0.3) is 0 Å². The fourth-order valence-corrected chi connectivity index (χ4v) is 3.14. The number of aryl methyl sites for hydroxylation is 1. The van der Waals surface area contributed by atoms with Gasteiger partial charge in [-0.05, 0) is 25.3 Å². The minimum Gasteiger partial charge on any atom is -0.334 e. The summed E-state index contributed by atoms with van der Waals surface area (Å²) in [6.45, 7) is 5.77. The predicted octanol–water partition coefficient (Wildman–Crippen LogP) is 2.32. The van der Waals surface area contributed by atoms with E-state index in [1.807, 2.05) is 6.33 Å². The minimum absolute atomic E-state index is 0.302. The Hall–Kier alpha value is -0.830. The number of hydrogen-bond acceptors (Lipinski definition) is 2. The first kappa shape index (κ1) is 11.3. The van der Waals surface area contributed by atoms with Crippen LogP contribution in [0.2, 0.25) is 0 Å². The van der Waals surface area contributed by atoms with Gasteiger partial charge in [0.2, 0.25) is 0 Å². The maximum atomic E-state index is 4.37. The molecule has 94 valence electrons. The summed E-state index contributed by atoms with van der Waals surface area (Å²) in [4.78, 5) is 4.37. The fraction of sp³-hybridized carbons (Fsp3) is 0.786. The number of nitrogens with one attached hydrogen (secondary N) is 1. The van der Waals surface area contributed by atoms with Crippen molar-refractivity contribution in [3.8, 4) is 0 Å². The zero-order valence-corrected chi connectivity index (χ0v) is 10.8. The van der Waals surface area contributed by atoms with Crippen molar-refractivity contribution in [1.82, 2.24) is 14.9 Å². The van der Waals surface area contributed by atoms with Crippen LogP contribution in [0.15, 0.2) is 12.5 Å². The number of imidazole rings is 1. The van der Waals surface area contributed by atoms with Crippen molar-refractivity contribution in [3.05, 3.63) is 18.2 Å². The van der Waals surface area contributed by atoms with Crippen molar-refractivity contribution in [1.29, 1.82) is 0 Å². The monoisotopic (exact) mass is 233 g/mol. The van der Waals surface area contributed by atoms with Gasteiger partial charge in [0.05, 0.1) is 6.33 Å². The van der Waals surface area contributed by atoms with E-state index in [4.69, 9.17) is 0 Å². The Morgan fingerprint density at radius 3 is 3.06 bits per heavy atom. The Balaban J connectivity index is 1.69. The summed E-state index contributed by atoms with van der Waals surface area (Å²) in [5.41, 5.74) is 1.73. The minimum atomic E-state index is 0.302. The molecule has 0 radical (unpaired) electrons. The Morgan fingerprint density at radius 2 is 2.41 bits per heavy atom. The molecule has 1 saturated carbocycles. The van der Waals surface area contributed by atoms with Gasteiger partial charge in [-0.1, -0.05) is 26.2 Å². The molecule has 2 heterocycles. The van der Waals surface area contributed by atoms with Gasteiger partial charge in [-0.15, -0.1) is 0 Å². The van der Waals surface area contributed by atoms with Gasteiger partial charge >= 0.3 is 0 Å². The topological polar surface area (TPSA) is 29.9 Å². The second-order valence-electron chi connectivity index (χ2n) is 6.05. The van der Waals surface area contributed by atoms with Gasteiger partial charge in [0, 0.05) is 30.4 Å². The molecule has 1 aromatic rings. The molecule has 1 aliphatic heterocycles. The lowest BCUT2D eigenvalue weighted by atomic mass is 9.82. The van der Waals surface area contributed by atoms with E-state index in [-0.39, 0.29) is 0 Å². The van der Waals surface area contributed by atoms with Crippen LogP contribution in [-0.2, 0) is 12.0 Å². The van der Waals surface area contributed by atoms with Gasteiger partial charge in [-0.3, -0.25) is 0 Å². The molecule has 0 spiro atoms. The molecule has 1 aromatic heterocycles. The van der Waals surface area contributed by atoms with E-state index in [9.17, 15) is 0 Å². The van der Waals surface area contributed by atoms with E-state index >= 15 is 0 Å². The molecule has 1 atom stereocenters. The highest BCUT2D eigenvalue weighted by Crippen LogP contribution is 2.32. The Labute approximate surface area is 104 Å². The molecule has 0 bridgehead atoms. The Bertz CT molecular complexity index is 373. The highest BCUT2D eigenvalue weighted by atomic mass is 15.1. The zero-order chi connectivity index (χ0) is 11.7. The Kier molecular flexibility index (Phi) is 2.95. The highest BCUT2D eigenvalue weighted by Gasteiger charge is 2.33. The van der Waals surface area contributed by atoms with Gasteiger partial charge in [-0.25, -0.2) is 4.98 Å². The molecule has 1 unspecified atom stereocenters. The third-order valence-electron chi connectivity index (χ3n) is 4.70. The molecule has 3 nitrogen and oxygen atoms in total. The summed E-state index contributed by atoms with van der Waals surface area (Å²) in [6.07, 6.45) is 11.0. The van der Waals surface area contributed by atoms with Crippen LogP contribution in [-0.4, -0.2) is 22.6 Å². The van der Waals surface area contributed by atoms with Crippen molar-refractivity contribution in [2.45, 2.75) is 51.0 Å². The van der Waals surface area contributed by atoms with E-state index < -0.39 is 0 Å². The lowest BCUT2D eigenvalue weighted by molar-refractivity contribution is 0.279. The molecule has 1 aliphatic carbocycles. The van der Waals surface area contributed by atoms with Crippen molar-refractivity contribution in [3.63, 3.8) is 0 Å². The summed E-state index contributed by atoms with van der Waals surface area (Å²) >= 11 is 0. The van der Waals surface area contributed by atoms with E-state index in [2.05, 4.69) is 28.0 Å². The second kappa shape index (κ2) is 4.45. The van der Waals surface area contributed by atoms with E-state index in [1.165, 1.54) is 37.8 Å². The van der Waals surface area contributed by atoms with Crippen LogP contribution in [0.25, 0.3) is 0 Å².